The molecule has 0 saturated carbocycles. The monoisotopic (exact) mass is 210 g/mol. The minimum absolute atomic E-state index is 0.393. The Balaban J connectivity index is 3.06. The zero-order chi connectivity index (χ0) is 10.4. The molecule has 0 saturated heterocycles. The molecule has 0 fully saturated rings. The lowest BCUT2D eigenvalue weighted by Gasteiger charge is -2.08. The van der Waals surface area contributed by atoms with Gasteiger partial charge in [-0.2, -0.15) is 0 Å². The third-order valence-electron chi connectivity index (χ3n) is 1.66. The van der Waals surface area contributed by atoms with Crippen LogP contribution in [-0.4, -0.2) is 12.9 Å². The summed E-state index contributed by atoms with van der Waals surface area (Å²) < 4.78 is 5.36. The van der Waals surface area contributed by atoms with E-state index in [2.05, 4.69) is 0 Å². The molecule has 0 aliphatic rings. The van der Waals surface area contributed by atoms with Gasteiger partial charge in [-0.05, 0) is 25.1 Å². The fourth-order valence-electron chi connectivity index (χ4n) is 1.09. The topological polar surface area (TPSA) is 26.3 Å². The van der Waals surface area contributed by atoms with Crippen molar-refractivity contribution in [2.45, 2.75) is 6.92 Å². The second-order valence-corrected chi connectivity index (χ2v) is 2.99. The molecule has 0 spiro atoms. The summed E-state index contributed by atoms with van der Waals surface area (Å²) in [5.74, 6) is 0.693. The van der Waals surface area contributed by atoms with Crippen LogP contribution in [0.25, 0.3) is 5.03 Å². The second kappa shape index (κ2) is 5.45. The molecule has 0 unspecified atom stereocenters. The first-order valence-electron chi connectivity index (χ1n) is 4.32. The van der Waals surface area contributed by atoms with E-state index in [1.165, 1.54) is 6.08 Å². The molecule has 2 nitrogen and oxygen atoms in total. The SMILES string of the molecule is CCOc1ccccc1/C(Cl)=C/C=O. The molecule has 0 aliphatic heterocycles. The van der Waals surface area contributed by atoms with E-state index in [0.29, 0.717) is 23.7 Å². The predicted octanol–water partition coefficient (Wildman–Crippen LogP) is 2.86. The molecule has 0 bridgehead atoms. The van der Waals surface area contributed by atoms with Crippen molar-refractivity contribution in [3.05, 3.63) is 35.9 Å². The number of hydrogen-bond acceptors (Lipinski definition) is 2. The van der Waals surface area contributed by atoms with Crippen molar-refractivity contribution in [3.63, 3.8) is 0 Å². The van der Waals surface area contributed by atoms with E-state index < -0.39 is 0 Å². The van der Waals surface area contributed by atoms with Crippen LogP contribution in [0, 0.1) is 0 Å². The van der Waals surface area contributed by atoms with Crippen LogP contribution in [0.2, 0.25) is 0 Å². The fourth-order valence-corrected chi connectivity index (χ4v) is 1.30. The van der Waals surface area contributed by atoms with E-state index >= 15 is 0 Å². The number of aldehydes is 1. The molecule has 74 valence electrons. The van der Waals surface area contributed by atoms with Gasteiger partial charge >= 0.3 is 0 Å². The number of ether oxygens (including phenoxy) is 1. The Morgan fingerprint density at radius 3 is 2.86 bits per heavy atom. The van der Waals surface area contributed by atoms with Crippen molar-refractivity contribution < 1.29 is 9.53 Å². The number of para-hydroxylation sites is 1. The Morgan fingerprint density at radius 2 is 2.21 bits per heavy atom. The summed E-state index contributed by atoms with van der Waals surface area (Å²) in [5, 5.41) is 0.393. The zero-order valence-electron chi connectivity index (χ0n) is 7.87. The summed E-state index contributed by atoms with van der Waals surface area (Å²) in [6.07, 6.45) is 1.96. The average Bonchev–Trinajstić information content (AvgIpc) is 2.19. The molecule has 0 radical (unpaired) electrons. The van der Waals surface area contributed by atoms with Crippen LogP contribution < -0.4 is 4.74 Å². The lowest BCUT2D eigenvalue weighted by atomic mass is 10.2. The van der Waals surface area contributed by atoms with Gasteiger partial charge in [0, 0.05) is 5.56 Å². The van der Waals surface area contributed by atoms with Crippen LogP contribution in [0.1, 0.15) is 12.5 Å². The maximum absolute atomic E-state index is 10.3. The van der Waals surface area contributed by atoms with Gasteiger partial charge in [0.2, 0.25) is 0 Å². The molecule has 3 heteroatoms. The average molecular weight is 211 g/mol. The van der Waals surface area contributed by atoms with Crippen LogP contribution in [0.4, 0.5) is 0 Å². The summed E-state index contributed by atoms with van der Waals surface area (Å²) in [6.45, 7) is 2.47. The van der Waals surface area contributed by atoms with Gasteiger partial charge in [0.25, 0.3) is 0 Å². The van der Waals surface area contributed by atoms with Gasteiger partial charge < -0.3 is 4.74 Å². The summed E-state index contributed by atoms with van der Waals surface area (Å²) >= 11 is 5.90. The standard InChI is InChI=1S/C11H11ClO2/c1-2-14-11-6-4-3-5-9(11)10(12)7-8-13/h3-8H,2H2,1H3/b10-7-. The number of rotatable bonds is 4. The summed E-state index contributed by atoms with van der Waals surface area (Å²) in [7, 11) is 0. The summed E-state index contributed by atoms with van der Waals surface area (Å²) in [5.41, 5.74) is 0.739. The van der Waals surface area contributed by atoms with E-state index in [0.717, 1.165) is 5.56 Å². The lowest BCUT2D eigenvalue weighted by molar-refractivity contribution is -0.104. The molecular weight excluding hydrogens is 200 g/mol. The van der Waals surface area contributed by atoms with Crippen molar-refractivity contribution in [2.24, 2.45) is 0 Å². The minimum Gasteiger partial charge on any atom is -0.493 e. The molecule has 1 rings (SSSR count). The molecular formula is C11H11ClO2. The Hall–Kier alpha value is -1.28. The van der Waals surface area contributed by atoms with Gasteiger partial charge in [-0.15, -0.1) is 0 Å². The normalized spacial score (nSPS) is 11.1. The van der Waals surface area contributed by atoms with E-state index in [1.807, 2.05) is 31.2 Å². The van der Waals surface area contributed by atoms with Crippen LogP contribution in [0.15, 0.2) is 30.3 Å². The summed E-state index contributed by atoms with van der Waals surface area (Å²) in [6, 6.07) is 7.34. The van der Waals surface area contributed by atoms with Crippen LogP contribution in [0.3, 0.4) is 0 Å². The van der Waals surface area contributed by atoms with Crippen LogP contribution in [0.5, 0.6) is 5.75 Å². The lowest BCUT2D eigenvalue weighted by Crippen LogP contribution is -1.94. The van der Waals surface area contributed by atoms with Crippen molar-refractivity contribution in [2.75, 3.05) is 6.61 Å². The highest BCUT2D eigenvalue weighted by molar-refractivity contribution is 6.50. The highest BCUT2D eigenvalue weighted by atomic mass is 35.5. The zero-order valence-corrected chi connectivity index (χ0v) is 8.62. The molecule has 14 heavy (non-hydrogen) atoms. The second-order valence-electron chi connectivity index (χ2n) is 2.58. The maximum atomic E-state index is 10.3. The van der Waals surface area contributed by atoms with E-state index in [1.54, 1.807) is 0 Å². The first-order chi connectivity index (χ1) is 6.79. The highest BCUT2D eigenvalue weighted by Gasteiger charge is 2.04. The number of halogens is 1. The fraction of sp³-hybridized carbons (Fsp3) is 0.182. The van der Waals surface area contributed by atoms with E-state index in [-0.39, 0.29) is 0 Å². The van der Waals surface area contributed by atoms with Gasteiger partial charge in [0.1, 0.15) is 12.0 Å². The van der Waals surface area contributed by atoms with Crippen LogP contribution in [-0.2, 0) is 4.79 Å². The van der Waals surface area contributed by atoms with Gasteiger partial charge in [-0.3, -0.25) is 4.79 Å². The molecule has 0 atom stereocenters. The Labute approximate surface area is 88.1 Å². The number of hydrogen-bond donors (Lipinski definition) is 0. The van der Waals surface area contributed by atoms with E-state index in [9.17, 15) is 4.79 Å². The van der Waals surface area contributed by atoms with Gasteiger partial charge in [0.15, 0.2) is 0 Å². The molecule has 0 heterocycles. The first-order valence-corrected chi connectivity index (χ1v) is 4.70. The maximum Gasteiger partial charge on any atom is 0.144 e. The third-order valence-corrected chi connectivity index (χ3v) is 1.99. The number of carbonyl (C=O) groups is 1. The van der Waals surface area contributed by atoms with Crippen molar-refractivity contribution >= 4 is 22.9 Å². The molecule has 0 amide bonds. The molecule has 1 aromatic carbocycles. The quantitative estimate of drug-likeness (QED) is 0.564. The summed E-state index contributed by atoms with van der Waals surface area (Å²) in [4.78, 5) is 10.3. The highest BCUT2D eigenvalue weighted by Crippen LogP contribution is 2.28. The molecule has 0 N–H and O–H groups in total. The number of carbonyl (C=O) groups excluding carboxylic acids is 1. The number of allylic oxidation sites excluding steroid dienone is 1. The Morgan fingerprint density at radius 1 is 1.50 bits per heavy atom. The Bertz CT molecular complexity index is 345. The number of benzene rings is 1. The molecule has 1 aromatic rings. The van der Waals surface area contributed by atoms with E-state index in [4.69, 9.17) is 16.3 Å². The Kier molecular flexibility index (Phi) is 4.20. The first kappa shape index (κ1) is 10.8. The van der Waals surface area contributed by atoms with Crippen molar-refractivity contribution in [1.82, 2.24) is 0 Å². The molecule has 0 aliphatic carbocycles. The van der Waals surface area contributed by atoms with Crippen molar-refractivity contribution in [3.8, 4) is 5.75 Å². The third kappa shape index (κ3) is 2.60. The minimum atomic E-state index is 0.393. The molecule has 0 aromatic heterocycles. The largest absolute Gasteiger partial charge is 0.493 e. The van der Waals surface area contributed by atoms with Gasteiger partial charge in [-0.1, -0.05) is 23.7 Å². The van der Waals surface area contributed by atoms with Crippen molar-refractivity contribution in [1.29, 1.82) is 0 Å². The smallest absolute Gasteiger partial charge is 0.144 e. The van der Waals surface area contributed by atoms with Crippen LogP contribution >= 0.6 is 11.6 Å². The predicted molar refractivity (Wildman–Crippen MR) is 57.5 cm³/mol. The van der Waals surface area contributed by atoms with Gasteiger partial charge in [0.05, 0.1) is 11.6 Å². The van der Waals surface area contributed by atoms with Gasteiger partial charge in [-0.25, -0.2) is 0 Å².